The van der Waals surface area contributed by atoms with Gasteiger partial charge < -0.3 is 10.1 Å². The Kier molecular flexibility index (Phi) is 4.39. The summed E-state index contributed by atoms with van der Waals surface area (Å²) in [5, 5.41) is 3.64. The molecule has 0 spiro atoms. The van der Waals surface area contributed by atoms with E-state index in [0.717, 1.165) is 19.1 Å². The highest BCUT2D eigenvalue weighted by atomic mass is 16.5. The molecule has 0 aromatic heterocycles. The van der Waals surface area contributed by atoms with Crippen LogP contribution in [0.3, 0.4) is 0 Å². The highest BCUT2D eigenvalue weighted by Gasteiger charge is 2.46. The van der Waals surface area contributed by atoms with Crippen LogP contribution in [0.15, 0.2) is 0 Å². The van der Waals surface area contributed by atoms with Gasteiger partial charge >= 0.3 is 0 Å². The largest absolute Gasteiger partial charge is 0.385 e. The second kappa shape index (κ2) is 5.13. The molecule has 2 heteroatoms. The number of hydrogen-bond donors (Lipinski definition) is 1. The molecule has 1 fully saturated rings. The molecule has 2 atom stereocenters. The number of ether oxygens (including phenoxy) is 1. The minimum Gasteiger partial charge on any atom is -0.385 e. The lowest BCUT2D eigenvalue weighted by Crippen LogP contribution is -2.41. The zero-order chi connectivity index (χ0) is 10.6. The summed E-state index contributed by atoms with van der Waals surface area (Å²) in [7, 11) is 1.79. The Morgan fingerprint density at radius 2 is 2.07 bits per heavy atom. The highest BCUT2D eigenvalue weighted by Crippen LogP contribution is 2.50. The van der Waals surface area contributed by atoms with Gasteiger partial charge in [0.2, 0.25) is 0 Å². The molecule has 0 aliphatic heterocycles. The fourth-order valence-corrected chi connectivity index (χ4v) is 2.33. The molecular formula is C12H25NO. The summed E-state index contributed by atoms with van der Waals surface area (Å²) >= 11 is 0. The van der Waals surface area contributed by atoms with Crippen LogP contribution < -0.4 is 5.32 Å². The summed E-state index contributed by atoms with van der Waals surface area (Å²) < 4.78 is 5.15. The highest BCUT2D eigenvalue weighted by molar-refractivity contribution is 5.00. The van der Waals surface area contributed by atoms with Gasteiger partial charge in [-0.3, -0.25) is 0 Å². The SMILES string of the molecule is CCNC(C(C)CCOC)C1(C)CC1. The molecule has 1 rings (SSSR count). The van der Waals surface area contributed by atoms with Gasteiger partial charge in [-0.2, -0.15) is 0 Å². The van der Waals surface area contributed by atoms with E-state index in [1.807, 2.05) is 0 Å². The van der Waals surface area contributed by atoms with E-state index in [1.54, 1.807) is 7.11 Å². The maximum absolute atomic E-state index is 5.15. The maximum atomic E-state index is 5.15. The minimum atomic E-state index is 0.573. The Morgan fingerprint density at radius 3 is 2.50 bits per heavy atom. The van der Waals surface area contributed by atoms with Crippen LogP contribution >= 0.6 is 0 Å². The van der Waals surface area contributed by atoms with E-state index in [1.165, 1.54) is 19.3 Å². The molecule has 2 unspecified atom stereocenters. The van der Waals surface area contributed by atoms with Gasteiger partial charge in [-0.05, 0) is 37.1 Å². The van der Waals surface area contributed by atoms with E-state index in [-0.39, 0.29) is 0 Å². The molecule has 14 heavy (non-hydrogen) atoms. The average molecular weight is 199 g/mol. The standard InChI is InChI=1S/C12H25NO/c1-5-13-11(12(3)7-8-12)10(2)6-9-14-4/h10-11,13H,5-9H2,1-4H3. The van der Waals surface area contributed by atoms with Gasteiger partial charge in [0.25, 0.3) is 0 Å². The number of nitrogens with one attached hydrogen (secondary N) is 1. The van der Waals surface area contributed by atoms with E-state index in [4.69, 9.17) is 4.74 Å². The predicted molar refractivity (Wildman–Crippen MR) is 60.5 cm³/mol. The van der Waals surface area contributed by atoms with Crippen molar-refractivity contribution in [3.05, 3.63) is 0 Å². The van der Waals surface area contributed by atoms with Crippen LogP contribution in [0.2, 0.25) is 0 Å². The zero-order valence-electron chi connectivity index (χ0n) is 10.1. The molecule has 0 radical (unpaired) electrons. The summed E-state index contributed by atoms with van der Waals surface area (Å²) in [6, 6.07) is 0.683. The molecule has 1 aliphatic carbocycles. The first-order chi connectivity index (χ1) is 6.64. The monoisotopic (exact) mass is 199 g/mol. The van der Waals surface area contributed by atoms with E-state index < -0.39 is 0 Å². The van der Waals surface area contributed by atoms with Crippen molar-refractivity contribution in [3.63, 3.8) is 0 Å². The Balaban J connectivity index is 2.40. The third kappa shape index (κ3) is 2.96. The van der Waals surface area contributed by atoms with Crippen LogP contribution in [0.1, 0.15) is 40.0 Å². The van der Waals surface area contributed by atoms with Crippen molar-refractivity contribution in [1.82, 2.24) is 5.32 Å². The Hall–Kier alpha value is -0.0800. The van der Waals surface area contributed by atoms with E-state index in [0.29, 0.717) is 11.5 Å². The Morgan fingerprint density at radius 1 is 1.43 bits per heavy atom. The fourth-order valence-electron chi connectivity index (χ4n) is 2.33. The molecule has 0 aromatic carbocycles. The van der Waals surface area contributed by atoms with Crippen molar-refractivity contribution in [3.8, 4) is 0 Å². The van der Waals surface area contributed by atoms with Gasteiger partial charge in [-0.1, -0.05) is 20.8 Å². The van der Waals surface area contributed by atoms with Crippen LogP contribution in [0.25, 0.3) is 0 Å². The smallest absolute Gasteiger partial charge is 0.0465 e. The lowest BCUT2D eigenvalue weighted by Gasteiger charge is -2.30. The Bertz CT molecular complexity index is 166. The molecule has 84 valence electrons. The molecule has 0 amide bonds. The van der Waals surface area contributed by atoms with Crippen molar-refractivity contribution in [2.45, 2.75) is 46.1 Å². The van der Waals surface area contributed by atoms with Crippen LogP contribution in [0, 0.1) is 11.3 Å². The van der Waals surface area contributed by atoms with Gasteiger partial charge in [0, 0.05) is 19.8 Å². The van der Waals surface area contributed by atoms with Crippen molar-refractivity contribution in [2.75, 3.05) is 20.3 Å². The molecule has 2 nitrogen and oxygen atoms in total. The summed E-state index contributed by atoms with van der Waals surface area (Å²) in [6.45, 7) is 8.91. The molecule has 1 saturated carbocycles. The van der Waals surface area contributed by atoms with Gasteiger partial charge in [0.15, 0.2) is 0 Å². The zero-order valence-corrected chi connectivity index (χ0v) is 10.1. The molecule has 1 aliphatic rings. The molecule has 0 aromatic rings. The number of methoxy groups -OCH3 is 1. The second-order valence-corrected chi connectivity index (χ2v) is 4.95. The first kappa shape index (κ1) is 12.0. The first-order valence-corrected chi connectivity index (χ1v) is 5.86. The van der Waals surface area contributed by atoms with Gasteiger partial charge in [-0.25, -0.2) is 0 Å². The summed E-state index contributed by atoms with van der Waals surface area (Å²) in [5.41, 5.74) is 0.573. The molecule has 0 bridgehead atoms. The predicted octanol–water partition coefficient (Wildman–Crippen LogP) is 2.44. The number of hydrogen-bond acceptors (Lipinski definition) is 2. The maximum Gasteiger partial charge on any atom is 0.0465 e. The second-order valence-electron chi connectivity index (χ2n) is 4.95. The van der Waals surface area contributed by atoms with Crippen molar-refractivity contribution in [2.24, 2.45) is 11.3 Å². The van der Waals surface area contributed by atoms with E-state index >= 15 is 0 Å². The fraction of sp³-hybridized carbons (Fsp3) is 1.00. The quantitative estimate of drug-likeness (QED) is 0.680. The third-order valence-corrected chi connectivity index (χ3v) is 3.56. The normalized spacial score (nSPS) is 23.1. The molecule has 1 N–H and O–H groups in total. The third-order valence-electron chi connectivity index (χ3n) is 3.56. The topological polar surface area (TPSA) is 21.3 Å². The minimum absolute atomic E-state index is 0.573. The first-order valence-electron chi connectivity index (χ1n) is 5.86. The van der Waals surface area contributed by atoms with E-state index in [9.17, 15) is 0 Å². The molecule has 0 heterocycles. The number of rotatable bonds is 7. The van der Waals surface area contributed by atoms with Crippen LogP contribution in [-0.2, 0) is 4.74 Å². The van der Waals surface area contributed by atoms with Gasteiger partial charge in [-0.15, -0.1) is 0 Å². The van der Waals surface area contributed by atoms with Crippen molar-refractivity contribution in [1.29, 1.82) is 0 Å². The van der Waals surface area contributed by atoms with Crippen LogP contribution in [0.4, 0.5) is 0 Å². The van der Waals surface area contributed by atoms with Crippen LogP contribution in [0.5, 0.6) is 0 Å². The summed E-state index contributed by atoms with van der Waals surface area (Å²) in [6.07, 6.45) is 3.95. The molecule has 0 saturated heterocycles. The lowest BCUT2D eigenvalue weighted by molar-refractivity contribution is 0.157. The average Bonchev–Trinajstić information content (AvgIpc) is 2.90. The molecular weight excluding hydrogens is 174 g/mol. The van der Waals surface area contributed by atoms with Crippen molar-refractivity contribution < 1.29 is 4.74 Å². The van der Waals surface area contributed by atoms with Crippen molar-refractivity contribution >= 4 is 0 Å². The van der Waals surface area contributed by atoms with Gasteiger partial charge in [0.1, 0.15) is 0 Å². The summed E-state index contributed by atoms with van der Waals surface area (Å²) in [4.78, 5) is 0. The Labute approximate surface area is 88.4 Å². The van der Waals surface area contributed by atoms with Gasteiger partial charge in [0.05, 0.1) is 0 Å². The van der Waals surface area contributed by atoms with Crippen LogP contribution in [-0.4, -0.2) is 26.3 Å². The lowest BCUT2D eigenvalue weighted by atomic mass is 9.86. The summed E-state index contributed by atoms with van der Waals surface area (Å²) in [5.74, 6) is 0.724. The van der Waals surface area contributed by atoms with E-state index in [2.05, 4.69) is 26.1 Å².